The van der Waals surface area contributed by atoms with E-state index in [0.29, 0.717) is 12.4 Å². The Hall–Kier alpha value is -2.47. The minimum Gasteiger partial charge on any atom is -0.494 e. The normalized spacial score (nSPS) is 11.2. The Labute approximate surface area is 145 Å². The summed E-state index contributed by atoms with van der Waals surface area (Å²) < 4.78 is 11.1. The number of thioether (sulfide) groups is 1. The van der Waals surface area contributed by atoms with Crippen LogP contribution in [0.5, 0.6) is 5.75 Å². The molecule has 0 unspecified atom stereocenters. The molecule has 2 aromatic heterocycles. The van der Waals surface area contributed by atoms with Gasteiger partial charge in [0, 0.05) is 5.75 Å². The molecular weight excluding hydrogens is 322 g/mol. The van der Waals surface area contributed by atoms with Crippen molar-refractivity contribution in [3.05, 3.63) is 59.8 Å². The van der Waals surface area contributed by atoms with E-state index >= 15 is 0 Å². The van der Waals surface area contributed by atoms with E-state index in [1.54, 1.807) is 11.8 Å². The maximum absolute atomic E-state index is 5.66. The Balaban J connectivity index is 1.39. The lowest BCUT2D eigenvalue weighted by molar-refractivity contribution is 0.318. The highest BCUT2D eigenvalue weighted by atomic mass is 32.2. The fraction of sp³-hybridized carbons (Fsp3) is 0.222. The summed E-state index contributed by atoms with van der Waals surface area (Å²) in [6.45, 7) is 2.61. The van der Waals surface area contributed by atoms with Gasteiger partial charge in [-0.3, -0.25) is 5.10 Å². The number of rotatable bonds is 8. The molecule has 1 N–H and O–H groups in total. The zero-order valence-corrected chi connectivity index (χ0v) is 14.3. The Bertz CT molecular complexity index is 780. The van der Waals surface area contributed by atoms with Crippen LogP contribution in [0.1, 0.15) is 23.8 Å². The minimum absolute atomic E-state index is 0.687. The van der Waals surface area contributed by atoms with Gasteiger partial charge in [-0.25, -0.2) is 4.98 Å². The van der Waals surface area contributed by atoms with E-state index in [-0.39, 0.29) is 0 Å². The quantitative estimate of drug-likeness (QED) is 0.485. The van der Waals surface area contributed by atoms with Crippen molar-refractivity contribution in [1.82, 2.24) is 15.2 Å². The molecule has 0 aliphatic heterocycles. The molecule has 0 bridgehead atoms. The van der Waals surface area contributed by atoms with E-state index in [0.717, 1.165) is 34.6 Å². The summed E-state index contributed by atoms with van der Waals surface area (Å²) in [5, 5.41) is 7.84. The van der Waals surface area contributed by atoms with Crippen LogP contribution in [0.25, 0.3) is 12.2 Å². The molecule has 0 aliphatic rings. The van der Waals surface area contributed by atoms with Gasteiger partial charge in [0.2, 0.25) is 5.16 Å². The van der Waals surface area contributed by atoms with Crippen LogP contribution in [0.3, 0.4) is 0 Å². The maximum Gasteiger partial charge on any atom is 0.208 e. The second kappa shape index (κ2) is 8.40. The van der Waals surface area contributed by atoms with E-state index in [2.05, 4.69) is 15.2 Å². The van der Waals surface area contributed by atoms with Gasteiger partial charge in [0.15, 0.2) is 0 Å². The SMILES string of the molecule is Cc1ccc(/C=C/c2nc(SCCCOc3ccccc3)n[nH]2)o1. The van der Waals surface area contributed by atoms with E-state index in [1.807, 2.05) is 61.5 Å². The van der Waals surface area contributed by atoms with Gasteiger partial charge in [-0.15, -0.1) is 5.10 Å². The highest BCUT2D eigenvalue weighted by Gasteiger charge is 2.02. The van der Waals surface area contributed by atoms with Gasteiger partial charge < -0.3 is 9.15 Å². The second-order valence-electron chi connectivity index (χ2n) is 5.15. The zero-order chi connectivity index (χ0) is 16.6. The van der Waals surface area contributed by atoms with E-state index in [1.165, 1.54) is 0 Å². The molecule has 24 heavy (non-hydrogen) atoms. The molecule has 1 aromatic carbocycles. The lowest BCUT2D eigenvalue weighted by Crippen LogP contribution is -1.98. The van der Waals surface area contributed by atoms with Gasteiger partial charge in [-0.2, -0.15) is 0 Å². The number of nitrogens with zero attached hydrogens (tertiary/aromatic N) is 2. The Kier molecular flexibility index (Phi) is 5.74. The fourth-order valence-corrected chi connectivity index (χ4v) is 2.75. The van der Waals surface area contributed by atoms with Crippen LogP contribution in [0.15, 0.2) is 52.0 Å². The molecule has 3 aromatic rings. The van der Waals surface area contributed by atoms with Crippen molar-refractivity contribution in [2.24, 2.45) is 0 Å². The summed E-state index contributed by atoms with van der Waals surface area (Å²) in [6.07, 6.45) is 4.66. The van der Waals surface area contributed by atoms with Gasteiger partial charge in [0.1, 0.15) is 23.1 Å². The Morgan fingerprint density at radius 1 is 1.17 bits per heavy atom. The first-order valence-corrected chi connectivity index (χ1v) is 8.76. The van der Waals surface area contributed by atoms with Gasteiger partial charge in [-0.05, 0) is 49.8 Å². The summed E-state index contributed by atoms with van der Waals surface area (Å²) in [4.78, 5) is 4.41. The molecule has 0 amide bonds. The number of ether oxygens (including phenoxy) is 1. The minimum atomic E-state index is 0.687. The average molecular weight is 341 g/mol. The first-order valence-electron chi connectivity index (χ1n) is 7.77. The number of aromatic amines is 1. The van der Waals surface area contributed by atoms with Crippen LogP contribution in [0, 0.1) is 6.92 Å². The standard InChI is InChI=1S/C18H19N3O2S/c1-14-8-9-16(23-14)10-11-17-19-18(21-20-17)24-13-5-12-22-15-6-3-2-4-7-15/h2-4,6-11H,5,12-13H2,1H3,(H,19,20,21)/b11-10+. The van der Waals surface area contributed by atoms with Crippen molar-refractivity contribution in [3.63, 3.8) is 0 Å². The summed E-state index contributed by atoms with van der Waals surface area (Å²) in [6, 6.07) is 13.7. The summed E-state index contributed by atoms with van der Waals surface area (Å²) in [7, 11) is 0. The van der Waals surface area contributed by atoms with Crippen LogP contribution in [-0.4, -0.2) is 27.5 Å². The van der Waals surface area contributed by atoms with Gasteiger partial charge in [0.05, 0.1) is 6.61 Å². The van der Waals surface area contributed by atoms with Crippen LogP contribution in [0.4, 0.5) is 0 Å². The maximum atomic E-state index is 5.66. The molecule has 0 fully saturated rings. The molecule has 0 spiro atoms. The predicted octanol–water partition coefficient (Wildman–Crippen LogP) is 4.44. The van der Waals surface area contributed by atoms with Crippen molar-refractivity contribution >= 4 is 23.9 Å². The third kappa shape index (κ3) is 5.03. The van der Waals surface area contributed by atoms with Gasteiger partial charge in [0.25, 0.3) is 0 Å². The average Bonchev–Trinajstić information content (AvgIpc) is 3.22. The van der Waals surface area contributed by atoms with Crippen molar-refractivity contribution in [1.29, 1.82) is 0 Å². The summed E-state index contributed by atoms with van der Waals surface area (Å²) >= 11 is 1.61. The van der Waals surface area contributed by atoms with E-state index in [9.17, 15) is 0 Å². The molecule has 3 rings (SSSR count). The number of nitrogens with one attached hydrogen (secondary N) is 1. The number of aromatic nitrogens is 3. The van der Waals surface area contributed by atoms with Gasteiger partial charge >= 0.3 is 0 Å². The molecule has 6 heteroatoms. The molecule has 2 heterocycles. The fourth-order valence-electron chi connectivity index (χ4n) is 2.03. The van der Waals surface area contributed by atoms with Crippen LogP contribution >= 0.6 is 11.8 Å². The third-order valence-corrected chi connectivity index (χ3v) is 4.11. The van der Waals surface area contributed by atoms with E-state index in [4.69, 9.17) is 9.15 Å². The summed E-state index contributed by atoms with van der Waals surface area (Å²) in [5.74, 6) is 4.22. The molecule has 0 aliphatic carbocycles. The van der Waals surface area contributed by atoms with Crippen LogP contribution in [0.2, 0.25) is 0 Å². The number of hydrogen-bond donors (Lipinski definition) is 1. The molecule has 0 radical (unpaired) electrons. The number of hydrogen-bond acceptors (Lipinski definition) is 5. The van der Waals surface area contributed by atoms with Crippen molar-refractivity contribution in [2.75, 3.05) is 12.4 Å². The highest BCUT2D eigenvalue weighted by molar-refractivity contribution is 7.99. The topological polar surface area (TPSA) is 63.9 Å². The molecular formula is C18H19N3O2S. The summed E-state index contributed by atoms with van der Waals surface area (Å²) in [5.41, 5.74) is 0. The predicted molar refractivity (Wildman–Crippen MR) is 96.0 cm³/mol. The van der Waals surface area contributed by atoms with Gasteiger partial charge in [-0.1, -0.05) is 30.0 Å². The number of aryl methyl sites for hydroxylation is 1. The largest absolute Gasteiger partial charge is 0.494 e. The first-order chi connectivity index (χ1) is 11.8. The van der Waals surface area contributed by atoms with Crippen LogP contribution in [-0.2, 0) is 0 Å². The second-order valence-corrected chi connectivity index (χ2v) is 6.21. The lowest BCUT2D eigenvalue weighted by Gasteiger charge is -2.04. The lowest BCUT2D eigenvalue weighted by atomic mass is 10.3. The molecule has 0 saturated heterocycles. The first kappa shape index (κ1) is 16.4. The Morgan fingerprint density at radius 3 is 2.83 bits per heavy atom. The molecule has 0 saturated carbocycles. The monoisotopic (exact) mass is 341 g/mol. The molecule has 0 atom stereocenters. The third-order valence-electron chi connectivity index (χ3n) is 3.18. The van der Waals surface area contributed by atoms with E-state index < -0.39 is 0 Å². The van der Waals surface area contributed by atoms with Crippen molar-refractivity contribution in [3.8, 4) is 5.75 Å². The number of H-pyrrole nitrogens is 1. The molecule has 124 valence electrons. The zero-order valence-electron chi connectivity index (χ0n) is 13.4. The van der Waals surface area contributed by atoms with Crippen molar-refractivity contribution < 1.29 is 9.15 Å². The Morgan fingerprint density at radius 2 is 2.04 bits per heavy atom. The smallest absolute Gasteiger partial charge is 0.208 e. The number of para-hydroxylation sites is 1. The van der Waals surface area contributed by atoms with Crippen LogP contribution < -0.4 is 4.74 Å². The van der Waals surface area contributed by atoms with Crippen molar-refractivity contribution in [2.45, 2.75) is 18.5 Å². The number of furan rings is 1. The number of benzene rings is 1. The molecule has 5 nitrogen and oxygen atoms in total. The highest BCUT2D eigenvalue weighted by Crippen LogP contribution is 2.16.